The molecule has 0 saturated heterocycles. The molecule has 1 amide bonds. The lowest BCUT2D eigenvalue weighted by atomic mass is 10.1. The molecule has 0 aliphatic carbocycles. The Labute approximate surface area is 90.7 Å². The number of amides is 1. The molecule has 0 unspecified atom stereocenters. The summed E-state index contributed by atoms with van der Waals surface area (Å²) in [4.78, 5) is 13.1. The van der Waals surface area contributed by atoms with Crippen molar-refractivity contribution in [2.45, 2.75) is 13.4 Å². The van der Waals surface area contributed by atoms with Crippen molar-refractivity contribution in [2.24, 2.45) is 0 Å². The Morgan fingerprint density at radius 2 is 2.13 bits per heavy atom. The van der Waals surface area contributed by atoms with E-state index in [1.54, 1.807) is 24.1 Å². The number of nitrogens with zero attached hydrogens (tertiary/aromatic N) is 2. The Morgan fingerprint density at radius 3 is 2.73 bits per heavy atom. The zero-order valence-corrected chi connectivity index (χ0v) is 8.82. The van der Waals surface area contributed by atoms with Gasteiger partial charge in [0.1, 0.15) is 0 Å². The van der Waals surface area contributed by atoms with E-state index in [1.165, 1.54) is 6.82 Å². The van der Waals surface area contributed by atoms with Crippen LogP contribution in [0.15, 0.2) is 18.2 Å². The molecule has 2 radical (unpaired) electrons. The van der Waals surface area contributed by atoms with Gasteiger partial charge in [-0.15, -0.1) is 0 Å². The first-order valence-corrected chi connectivity index (χ1v) is 4.58. The summed E-state index contributed by atoms with van der Waals surface area (Å²) in [5.41, 5.74) is 2.22. The van der Waals surface area contributed by atoms with Crippen LogP contribution in [0.2, 0.25) is 6.82 Å². The first-order chi connectivity index (χ1) is 7.22. The predicted molar refractivity (Wildman–Crippen MR) is 58.6 cm³/mol. The maximum absolute atomic E-state index is 11.5. The molecule has 0 bridgehead atoms. The van der Waals surface area contributed by atoms with Crippen molar-refractivity contribution < 1.29 is 4.79 Å². The van der Waals surface area contributed by atoms with Crippen LogP contribution in [-0.2, 0) is 6.54 Å². The van der Waals surface area contributed by atoms with Crippen molar-refractivity contribution in [2.75, 3.05) is 7.05 Å². The van der Waals surface area contributed by atoms with E-state index in [4.69, 9.17) is 5.26 Å². The number of carbonyl (C=O) groups is 1. The third-order valence-electron chi connectivity index (χ3n) is 2.22. The Morgan fingerprint density at radius 1 is 1.47 bits per heavy atom. The normalized spacial score (nSPS) is 12.6. The summed E-state index contributed by atoms with van der Waals surface area (Å²) in [5.74, 6) is 0.00657. The summed E-state index contributed by atoms with van der Waals surface area (Å²) in [6.07, 6.45) is 0. The Balaban J connectivity index is 0.000000531. The van der Waals surface area contributed by atoms with E-state index in [9.17, 15) is 4.79 Å². The van der Waals surface area contributed by atoms with Crippen LogP contribution >= 0.6 is 0 Å². The number of hydrogen-bond donors (Lipinski definition) is 0. The quantitative estimate of drug-likeness (QED) is 0.590. The minimum absolute atomic E-state index is 0.00657. The van der Waals surface area contributed by atoms with Gasteiger partial charge in [0.15, 0.2) is 0 Å². The predicted octanol–water partition coefficient (Wildman–Crippen LogP) is 1.35. The van der Waals surface area contributed by atoms with Gasteiger partial charge in [0, 0.05) is 19.2 Å². The molecule has 2 rings (SSSR count). The molecule has 1 heterocycles. The molecule has 0 N–H and O–H groups in total. The van der Waals surface area contributed by atoms with Gasteiger partial charge in [-0.05, 0) is 17.7 Å². The molecule has 4 heteroatoms. The molecule has 0 aromatic heterocycles. The summed E-state index contributed by atoms with van der Waals surface area (Å²) in [6.45, 7) is 2.15. The standard InChI is InChI=1S/C10H8N2O.CH3B/c1-12-6-8-3-2-7(5-11)4-9(8)10(12)13;1-2/h2-4H,6H2,1H3;1H3. The van der Waals surface area contributed by atoms with Crippen LogP contribution in [0.4, 0.5) is 0 Å². The fraction of sp³-hybridized carbons (Fsp3) is 0.273. The zero-order chi connectivity index (χ0) is 11.4. The second-order valence-electron chi connectivity index (χ2n) is 3.14. The first kappa shape index (κ1) is 11.3. The zero-order valence-electron chi connectivity index (χ0n) is 8.82. The fourth-order valence-corrected chi connectivity index (χ4v) is 1.52. The minimum atomic E-state index is 0.00657. The molecular formula is C11H11BN2O. The van der Waals surface area contributed by atoms with E-state index in [1.807, 2.05) is 12.1 Å². The van der Waals surface area contributed by atoms with E-state index in [0.29, 0.717) is 17.7 Å². The third-order valence-corrected chi connectivity index (χ3v) is 2.22. The Bertz CT molecular complexity index is 423. The summed E-state index contributed by atoms with van der Waals surface area (Å²) < 4.78 is 0. The van der Waals surface area contributed by atoms with Crippen molar-refractivity contribution in [3.05, 3.63) is 34.9 Å². The molecule has 15 heavy (non-hydrogen) atoms. The average molecular weight is 198 g/mol. The van der Waals surface area contributed by atoms with Crippen LogP contribution < -0.4 is 0 Å². The number of hydrogen-bond acceptors (Lipinski definition) is 2. The van der Waals surface area contributed by atoms with Gasteiger partial charge in [-0.3, -0.25) is 4.79 Å². The van der Waals surface area contributed by atoms with E-state index in [0.717, 1.165) is 5.56 Å². The fourth-order valence-electron chi connectivity index (χ4n) is 1.52. The lowest BCUT2D eigenvalue weighted by Crippen LogP contribution is -2.17. The number of benzene rings is 1. The molecule has 1 aromatic rings. The van der Waals surface area contributed by atoms with Crippen LogP contribution in [-0.4, -0.2) is 25.7 Å². The second kappa shape index (κ2) is 4.65. The van der Waals surface area contributed by atoms with Crippen LogP contribution in [0, 0.1) is 11.3 Å². The summed E-state index contributed by atoms with van der Waals surface area (Å²) >= 11 is 0. The second-order valence-corrected chi connectivity index (χ2v) is 3.14. The average Bonchev–Trinajstić information content (AvgIpc) is 2.57. The van der Waals surface area contributed by atoms with E-state index >= 15 is 0 Å². The molecule has 3 nitrogen and oxygen atoms in total. The van der Waals surface area contributed by atoms with Crippen LogP contribution in [0.3, 0.4) is 0 Å². The molecule has 1 aliphatic rings. The monoisotopic (exact) mass is 198 g/mol. The van der Waals surface area contributed by atoms with E-state index in [2.05, 4.69) is 7.85 Å². The smallest absolute Gasteiger partial charge is 0.254 e. The molecule has 1 aromatic carbocycles. The number of rotatable bonds is 0. The topological polar surface area (TPSA) is 44.1 Å². The van der Waals surface area contributed by atoms with Gasteiger partial charge in [0.25, 0.3) is 5.91 Å². The highest BCUT2D eigenvalue weighted by atomic mass is 16.2. The van der Waals surface area contributed by atoms with Crippen molar-refractivity contribution in [3.8, 4) is 6.07 Å². The lowest BCUT2D eigenvalue weighted by Gasteiger charge is -2.04. The number of carbonyl (C=O) groups excluding carboxylic acids is 1. The van der Waals surface area contributed by atoms with Gasteiger partial charge >= 0.3 is 0 Å². The van der Waals surface area contributed by atoms with Gasteiger partial charge < -0.3 is 4.90 Å². The van der Waals surface area contributed by atoms with Gasteiger partial charge in [-0.2, -0.15) is 5.26 Å². The SMILES string of the molecule is CN1Cc2ccc(C#N)cc2C1=O.[B]C. The Hall–Kier alpha value is -1.76. The van der Waals surface area contributed by atoms with Crippen LogP contribution in [0.25, 0.3) is 0 Å². The highest BCUT2D eigenvalue weighted by molar-refractivity contribution is 6.05. The highest BCUT2D eigenvalue weighted by Crippen LogP contribution is 2.21. The van der Waals surface area contributed by atoms with Gasteiger partial charge in [-0.25, -0.2) is 0 Å². The maximum atomic E-state index is 11.5. The first-order valence-electron chi connectivity index (χ1n) is 4.58. The van der Waals surface area contributed by atoms with Gasteiger partial charge in [0.2, 0.25) is 0 Å². The minimum Gasteiger partial charge on any atom is -0.337 e. The summed E-state index contributed by atoms with van der Waals surface area (Å²) in [6, 6.07) is 7.26. The highest BCUT2D eigenvalue weighted by Gasteiger charge is 2.23. The largest absolute Gasteiger partial charge is 0.337 e. The van der Waals surface area contributed by atoms with Crippen molar-refractivity contribution in [1.82, 2.24) is 4.90 Å². The molecule has 0 fully saturated rings. The molecule has 1 aliphatic heterocycles. The molecule has 74 valence electrons. The van der Waals surface area contributed by atoms with Crippen LogP contribution in [0.1, 0.15) is 21.5 Å². The van der Waals surface area contributed by atoms with E-state index in [-0.39, 0.29) is 5.91 Å². The lowest BCUT2D eigenvalue weighted by molar-refractivity contribution is 0.0816. The molecule has 0 atom stereocenters. The Kier molecular flexibility index (Phi) is 3.51. The van der Waals surface area contributed by atoms with E-state index < -0.39 is 0 Å². The van der Waals surface area contributed by atoms with Crippen molar-refractivity contribution >= 4 is 13.8 Å². The molecule has 0 saturated carbocycles. The number of nitriles is 1. The van der Waals surface area contributed by atoms with Crippen LogP contribution in [0.5, 0.6) is 0 Å². The van der Waals surface area contributed by atoms with Gasteiger partial charge in [0.05, 0.1) is 19.5 Å². The summed E-state index contributed by atoms with van der Waals surface area (Å²) in [5, 5.41) is 8.65. The number of fused-ring (bicyclic) bond motifs is 1. The van der Waals surface area contributed by atoms with Gasteiger partial charge in [-0.1, -0.05) is 12.9 Å². The molecular weight excluding hydrogens is 187 g/mol. The van der Waals surface area contributed by atoms with Crippen molar-refractivity contribution in [3.63, 3.8) is 0 Å². The maximum Gasteiger partial charge on any atom is 0.254 e. The third kappa shape index (κ3) is 2.02. The van der Waals surface area contributed by atoms with Crippen molar-refractivity contribution in [1.29, 1.82) is 5.26 Å². The summed E-state index contributed by atoms with van der Waals surface area (Å²) in [7, 11) is 6.26. The molecule has 0 spiro atoms.